The van der Waals surface area contributed by atoms with E-state index in [9.17, 15) is 57.5 Å². The van der Waals surface area contributed by atoms with Crippen molar-refractivity contribution in [3.8, 4) is 0 Å². The Labute approximate surface area is 653 Å². The molecule has 2 aromatic carbocycles. The maximum absolute atomic E-state index is 13.1. The first-order valence-corrected chi connectivity index (χ1v) is 34.5. The van der Waals surface area contributed by atoms with Gasteiger partial charge in [0.1, 0.15) is 99.4 Å². The number of rotatable bonds is 41. The van der Waals surface area contributed by atoms with Gasteiger partial charge < -0.3 is 101 Å². The number of alkyl halides is 4. The first-order valence-electron chi connectivity index (χ1n) is 33.0. The van der Waals surface area contributed by atoms with E-state index >= 15 is 0 Å². The van der Waals surface area contributed by atoms with Crippen LogP contribution in [-0.2, 0) is 123 Å². The van der Waals surface area contributed by atoms with Crippen molar-refractivity contribution in [2.75, 3.05) is 149 Å². The Morgan fingerprint density at radius 3 is 1.17 bits per heavy atom. The smallest absolute Gasteiger partial charge is 0.465 e. The van der Waals surface area contributed by atoms with Gasteiger partial charge in [-0.1, -0.05) is 97.3 Å². The number of hydrogen-bond acceptors (Lipinski definition) is 33. The first-order chi connectivity index (χ1) is 50.0. The van der Waals surface area contributed by atoms with E-state index in [1.807, 2.05) is 37.3 Å². The molecule has 0 saturated carbocycles. The van der Waals surface area contributed by atoms with E-state index in [1.54, 1.807) is 37.3 Å². The summed E-state index contributed by atoms with van der Waals surface area (Å²) >= 11 is 21.9. The van der Waals surface area contributed by atoms with Gasteiger partial charge in [-0.15, -0.1) is 46.4 Å². The van der Waals surface area contributed by atoms with E-state index in [2.05, 4.69) is 18.9 Å². The monoisotopic (exact) mass is 1630 g/mol. The van der Waals surface area contributed by atoms with Crippen molar-refractivity contribution >= 4 is 119 Å². The third-order valence-electron chi connectivity index (χ3n) is 13.2. The highest BCUT2D eigenvalue weighted by Gasteiger charge is 2.43. The average Bonchev–Trinajstić information content (AvgIpc) is 0.851. The van der Waals surface area contributed by atoms with E-state index in [-0.39, 0.29) is 133 Å². The molecule has 3 unspecified atom stereocenters. The highest BCUT2D eigenvalue weighted by molar-refractivity contribution is 6.27. The minimum atomic E-state index is -1.77. The predicted octanol–water partition coefficient (Wildman–Crippen LogP) is 10.8. The third-order valence-corrected chi connectivity index (χ3v) is 14.3. The number of aliphatic hydroxyl groups excluding tert-OH is 4. The Bertz CT molecular complexity index is 2760. The normalized spacial score (nSPS) is 13.8. The van der Waals surface area contributed by atoms with Crippen LogP contribution in [-0.4, -0.2) is 242 Å². The van der Waals surface area contributed by atoms with Crippen LogP contribution in [0.1, 0.15) is 128 Å². The number of aliphatic hydroxyl groups is 4. The Morgan fingerprint density at radius 2 is 0.833 bits per heavy atom. The second-order valence-electron chi connectivity index (χ2n) is 23.0. The maximum Gasteiger partial charge on any atom is 0.508 e. The Kier molecular flexibility index (Phi) is 64.1. The summed E-state index contributed by atoms with van der Waals surface area (Å²) in [6, 6.07) is 17.8. The van der Waals surface area contributed by atoms with Crippen molar-refractivity contribution in [2.45, 2.75) is 129 Å². The number of benzene rings is 2. The van der Waals surface area contributed by atoms with Gasteiger partial charge in [0.2, 0.25) is 0 Å². The number of hydrogen-bond donors (Lipinski definition) is 4. The molecule has 2 aliphatic rings. The van der Waals surface area contributed by atoms with Crippen molar-refractivity contribution in [1.82, 2.24) is 0 Å². The Balaban J connectivity index is -0.000000572. The molecule has 37 heteroatoms. The number of carbonyl (C=O) groups excluding carboxylic acids is 12. The van der Waals surface area contributed by atoms with Gasteiger partial charge in [-0.25, -0.2) is 28.8 Å². The van der Waals surface area contributed by atoms with Crippen molar-refractivity contribution in [3.05, 3.63) is 71.8 Å². The van der Waals surface area contributed by atoms with Crippen LogP contribution in [0.4, 0.5) is 28.8 Å². The summed E-state index contributed by atoms with van der Waals surface area (Å²) in [5.74, 6) is -5.74. The quantitative estimate of drug-likeness (QED) is 0.0208. The summed E-state index contributed by atoms with van der Waals surface area (Å²) in [4.78, 5) is 142. The lowest BCUT2D eigenvalue weighted by atomic mass is 9.93. The summed E-state index contributed by atoms with van der Waals surface area (Å²) in [5.41, 5.74) is -4.19. The molecule has 0 bridgehead atoms. The summed E-state index contributed by atoms with van der Waals surface area (Å²) < 4.78 is 90.4. The first kappa shape index (κ1) is 106. The van der Waals surface area contributed by atoms with Crippen LogP contribution in [0.3, 0.4) is 0 Å². The minimum Gasteiger partial charge on any atom is -0.465 e. The molecule has 2 fully saturated rings. The molecule has 4 N–H and O–H groups in total. The number of carbonyl (C=O) groups is 12. The molecule has 622 valence electrons. The van der Waals surface area contributed by atoms with Gasteiger partial charge in [-0.2, -0.15) is 0 Å². The molecule has 3 atom stereocenters. The molecule has 0 amide bonds. The molecule has 2 aromatic rings. The summed E-state index contributed by atoms with van der Waals surface area (Å²) in [7, 11) is 0. The van der Waals surface area contributed by atoms with Gasteiger partial charge in [-0.05, 0) is 64.5 Å². The second-order valence-corrected chi connectivity index (χ2v) is 24.4. The highest BCUT2D eigenvalue weighted by atomic mass is 35.5. The molecule has 0 spiro atoms. The average molecular weight is 1640 g/mol. The molecular weight excluding hydrogens is 1520 g/mol. The third kappa shape index (κ3) is 49.9. The molecule has 4 rings (SSSR count). The molecule has 0 aromatic heterocycles. The fourth-order valence-corrected chi connectivity index (χ4v) is 7.21. The fraction of sp³-hybridized carbons (Fsp3) is 0.662. The Hall–Kier alpha value is -7.92. The van der Waals surface area contributed by atoms with Gasteiger partial charge in [0.05, 0.1) is 66.7 Å². The molecule has 2 aliphatic heterocycles. The number of Topliss-reactive ketones (excluding diaryl/α,β-unsaturated/α-hetero) is 1. The standard InChI is InChI=1S/C37H52Cl2O20.C12H16O4.C9H13ClO5.C5H9ClO.C4H6O3.4CH4/c1-36(30(43)49-16-6-12-38,23-56-32(45)51-18-8-14-40)25-58-34(47)54-21-28(29(42)53-20-27-10-4-3-5-11-27)22-55-35(48)59-26-37(2,31(44)50-17-7-13-39)24-57-33(46)52-19-9-15-41;1-12(8-13,9-14)11(15)16-7-10-5-3-2-4-6-10;1-9(5-14-8(12)15-6-9)7(11)13-4-2-3-10;1-2-3-5(7)4-6;5-4-6-2-1-3-7-4;;;;/h3-5,10-11,28,40-41H,6-9,12-26H2,1-2H3;2-6,13-14H,7-9H2,1H3;2-6H2,1H3;2-4H2,1H3;1-3H2;4*1H4/i;;;4T;;;;;. The van der Waals surface area contributed by atoms with Gasteiger partial charge in [0, 0.05) is 56.5 Å². The van der Waals surface area contributed by atoms with E-state index in [0.29, 0.717) is 50.3 Å². The lowest BCUT2D eigenvalue weighted by Crippen LogP contribution is -2.44. The van der Waals surface area contributed by atoms with Gasteiger partial charge >= 0.3 is 66.8 Å². The van der Waals surface area contributed by atoms with Crippen LogP contribution < -0.4 is 0 Å². The molecular formula is C71H112Cl4O33. The minimum absolute atomic E-state index is 0. The van der Waals surface area contributed by atoms with E-state index < -0.39 is 153 Å². The lowest BCUT2D eigenvalue weighted by molar-refractivity contribution is -0.166. The molecule has 0 radical (unpaired) electrons. The van der Waals surface area contributed by atoms with Gasteiger partial charge in [0.25, 0.3) is 0 Å². The lowest BCUT2D eigenvalue weighted by Gasteiger charge is -2.29. The van der Waals surface area contributed by atoms with Crippen molar-refractivity contribution in [3.63, 3.8) is 0 Å². The SMILES string of the molecule is C.C.C.C.CC(CO)(CO)C(=O)OCc1ccccc1.CC(COC(=O)OCCCO)(COC(=O)OCC(COC(=O)OCC(C)(COC(=O)OCCCO)C(=O)OCCCCl)C(=O)OCc1ccccc1)C(=O)OCCCCl.CC1(C(=O)OCCCCl)COC(=O)OC1.O=C1OCCCO1.[3H]C(Cl)C(=O)CCC. The van der Waals surface area contributed by atoms with Crippen LogP contribution in [0.15, 0.2) is 60.7 Å². The summed E-state index contributed by atoms with van der Waals surface area (Å²) in [6.45, 7) is 2.54. The maximum atomic E-state index is 13.1. The molecule has 0 aliphatic carbocycles. The fourth-order valence-electron chi connectivity index (χ4n) is 6.77. The topological polar surface area (TPSA) is 443 Å². The van der Waals surface area contributed by atoms with Crippen LogP contribution >= 0.6 is 46.4 Å². The number of cyclic esters (lactones) is 4. The zero-order valence-electron chi connectivity index (χ0n) is 59.7. The molecule has 2 heterocycles. The molecule has 108 heavy (non-hydrogen) atoms. The van der Waals surface area contributed by atoms with Crippen LogP contribution in [0.2, 0.25) is 0 Å². The second kappa shape index (κ2) is 65.0. The van der Waals surface area contributed by atoms with E-state index in [0.717, 1.165) is 18.4 Å². The van der Waals surface area contributed by atoms with Crippen LogP contribution in [0.5, 0.6) is 0 Å². The predicted molar refractivity (Wildman–Crippen MR) is 391 cm³/mol. The van der Waals surface area contributed by atoms with Crippen LogP contribution in [0, 0.1) is 27.6 Å². The van der Waals surface area contributed by atoms with Crippen molar-refractivity contribution in [2.24, 2.45) is 27.6 Å². The molecule has 2 saturated heterocycles. The Morgan fingerprint density at radius 1 is 0.481 bits per heavy atom. The number of ketones is 1. The number of halogens is 4. The van der Waals surface area contributed by atoms with E-state index in [1.165, 1.54) is 20.8 Å². The van der Waals surface area contributed by atoms with Crippen molar-refractivity contribution in [1.29, 1.82) is 0 Å². The summed E-state index contributed by atoms with van der Waals surface area (Å²) in [6.07, 6.45) is -2.88. The van der Waals surface area contributed by atoms with E-state index in [4.69, 9.17) is 130 Å². The van der Waals surface area contributed by atoms with Crippen LogP contribution in [0.25, 0.3) is 0 Å². The number of esters is 5. The zero-order valence-corrected chi connectivity index (χ0v) is 61.7. The zero-order chi connectivity index (χ0) is 79.0. The van der Waals surface area contributed by atoms with Gasteiger partial charge in [0.15, 0.2) is 0 Å². The number of ether oxygens (including phenoxy) is 17. The largest absolute Gasteiger partial charge is 0.508 e. The van der Waals surface area contributed by atoms with Gasteiger partial charge in [-0.3, -0.25) is 28.8 Å². The highest BCUT2D eigenvalue weighted by Crippen LogP contribution is 2.26. The van der Waals surface area contributed by atoms with Crippen molar-refractivity contribution < 1.29 is 160 Å². The summed E-state index contributed by atoms with van der Waals surface area (Å²) in [5, 5.41) is 35.7. The molecule has 33 nitrogen and oxygen atoms in total.